The Morgan fingerprint density at radius 1 is 1.12 bits per heavy atom. The van der Waals surface area contributed by atoms with Crippen molar-refractivity contribution in [2.24, 2.45) is 0 Å². The zero-order chi connectivity index (χ0) is 18.6. The van der Waals surface area contributed by atoms with Crippen molar-refractivity contribution in [2.45, 2.75) is 42.7 Å². The van der Waals surface area contributed by atoms with Crippen LogP contribution in [0, 0.1) is 0 Å². The van der Waals surface area contributed by atoms with Gasteiger partial charge in [-0.1, -0.05) is 23.7 Å². The maximum atomic E-state index is 12.6. The van der Waals surface area contributed by atoms with Crippen molar-refractivity contribution in [3.63, 3.8) is 0 Å². The lowest BCUT2D eigenvalue weighted by Gasteiger charge is -2.29. The van der Waals surface area contributed by atoms with Gasteiger partial charge in [0, 0.05) is 18.3 Å². The number of methoxy groups -OCH3 is 1. The quantitative estimate of drug-likeness (QED) is 0.809. The second-order valence-electron chi connectivity index (χ2n) is 6.18. The van der Waals surface area contributed by atoms with E-state index < -0.39 is 10.0 Å². The maximum Gasteiger partial charge on any atom is 0.244 e. The van der Waals surface area contributed by atoms with E-state index in [1.807, 2.05) is 0 Å². The first-order chi connectivity index (χ1) is 12.5. The largest absolute Gasteiger partial charge is 0.495 e. The van der Waals surface area contributed by atoms with Crippen LogP contribution in [0.2, 0.25) is 5.02 Å². The third kappa shape index (κ3) is 4.66. The van der Waals surface area contributed by atoms with Crippen LogP contribution in [0.1, 0.15) is 25.7 Å². The summed E-state index contributed by atoms with van der Waals surface area (Å²) in [5.41, 5.74) is 0. The molecule has 1 aromatic heterocycles. The van der Waals surface area contributed by atoms with E-state index in [1.54, 1.807) is 42.6 Å². The minimum Gasteiger partial charge on any atom is -0.495 e. The maximum absolute atomic E-state index is 12.6. The summed E-state index contributed by atoms with van der Waals surface area (Å²) in [7, 11) is -2.17. The number of rotatable bonds is 6. The smallest absolute Gasteiger partial charge is 0.244 e. The van der Waals surface area contributed by atoms with E-state index in [9.17, 15) is 8.42 Å². The van der Waals surface area contributed by atoms with Crippen LogP contribution in [-0.4, -0.2) is 32.7 Å². The summed E-state index contributed by atoms with van der Waals surface area (Å²) in [5.74, 6) is 0.873. The molecule has 0 amide bonds. The number of ether oxygens (including phenoxy) is 2. The summed E-state index contributed by atoms with van der Waals surface area (Å²) in [5, 5.41) is 0.562. The van der Waals surface area contributed by atoms with Crippen molar-refractivity contribution >= 4 is 21.6 Å². The number of hydrogen-bond donors (Lipinski definition) is 1. The van der Waals surface area contributed by atoms with E-state index in [1.165, 1.54) is 7.11 Å². The van der Waals surface area contributed by atoms with Gasteiger partial charge in [-0.05, 0) is 43.9 Å². The fraction of sp³-hybridized carbons (Fsp3) is 0.389. The predicted molar refractivity (Wildman–Crippen MR) is 99.2 cm³/mol. The van der Waals surface area contributed by atoms with Crippen LogP contribution < -0.4 is 14.2 Å². The number of halogens is 1. The van der Waals surface area contributed by atoms with Gasteiger partial charge in [0.1, 0.15) is 16.7 Å². The summed E-state index contributed by atoms with van der Waals surface area (Å²) >= 11 is 5.82. The van der Waals surface area contributed by atoms with Crippen molar-refractivity contribution in [3.05, 3.63) is 47.6 Å². The minimum atomic E-state index is -3.63. The SMILES string of the molecule is COc1ccccc1S(=O)(=O)NC1CCC(Oc2ccc(Cl)cn2)CC1. The van der Waals surface area contributed by atoms with Crippen LogP contribution >= 0.6 is 11.6 Å². The van der Waals surface area contributed by atoms with Crippen LogP contribution in [0.25, 0.3) is 0 Å². The fourth-order valence-electron chi connectivity index (χ4n) is 3.02. The molecule has 0 unspecified atom stereocenters. The average Bonchev–Trinajstić information content (AvgIpc) is 2.65. The summed E-state index contributed by atoms with van der Waals surface area (Å²) < 4.78 is 39.1. The Balaban J connectivity index is 1.57. The number of sulfonamides is 1. The molecule has 0 atom stereocenters. The van der Waals surface area contributed by atoms with E-state index in [-0.39, 0.29) is 17.0 Å². The molecule has 0 spiro atoms. The van der Waals surface area contributed by atoms with E-state index in [0.29, 0.717) is 29.5 Å². The van der Waals surface area contributed by atoms with Crippen LogP contribution in [0.3, 0.4) is 0 Å². The molecular formula is C18H21ClN2O4S. The van der Waals surface area contributed by atoms with Gasteiger partial charge in [0.05, 0.1) is 12.1 Å². The number of nitrogens with one attached hydrogen (secondary N) is 1. The molecule has 140 valence electrons. The molecule has 3 rings (SSSR count). The molecule has 1 N–H and O–H groups in total. The summed E-state index contributed by atoms with van der Waals surface area (Å²) in [6.45, 7) is 0. The standard InChI is InChI=1S/C18H21ClN2O4S/c1-24-16-4-2-3-5-17(16)26(22,23)21-14-7-9-15(10-8-14)25-18-11-6-13(19)12-20-18/h2-6,11-12,14-15,21H,7-10H2,1H3. The lowest BCUT2D eigenvalue weighted by molar-refractivity contribution is 0.138. The van der Waals surface area contributed by atoms with E-state index >= 15 is 0 Å². The highest BCUT2D eigenvalue weighted by molar-refractivity contribution is 7.89. The third-order valence-corrected chi connectivity index (χ3v) is 6.13. The van der Waals surface area contributed by atoms with Gasteiger partial charge in [-0.3, -0.25) is 0 Å². The van der Waals surface area contributed by atoms with Crippen molar-refractivity contribution in [2.75, 3.05) is 7.11 Å². The van der Waals surface area contributed by atoms with Crippen molar-refractivity contribution in [1.82, 2.24) is 9.71 Å². The lowest BCUT2D eigenvalue weighted by atomic mass is 9.94. The second kappa shape index (κ2) is 8.24. The van der Waals surface area contributed by atoms with Gasteiger partial charge in [-0.2, -0.15) is 0 Å². The Kier molecular flexibility index (Phi) is 6.01. The molecule has 1 aliphatic rings. The summed E-state index contributed by atoms with van der Waals surface area (Å²) in [6.07, 6.45) is 4.48. The van der Waals surface area contributed by atoms with Gasteiger partial charge in [0.15, 0.2) is 0 Å². The first-order valence-electron chi connectivity index (χ1n) is 8.41. The van der Waals surface area contributed by atoms with Crippen LogP contribution in [-0.2, 0) is 10.0 Å². The number of para-hydroxylation sites is 1. The Morgan fingerprint density at radius 3 is 2.50 bits per heavy atom. The molecule has 2 aromatic rings. The predicted octanol–water partition coefficient (Wildman–Crippen LogP) is 3.41. The van der Waals surface area contributed by atoms with Crippen molar-refractivity contribution < 1.29 is 17.9 Å². The van der Waals surface area contributed by atoms with E-state index in [0.717, 1.165) is 12.8 Å². The topological polar surface area (TPSA) is 77.5 Å². The molecular weight excluding hydrogens is 376 g/mol. The first kappa shape index (κ1) is 18.9. The van der Waals surface area contributed by atoms with Crippen LogP contribution in [0.5, 0.6) is 11.6 Å². The number of benzene rings is 1. The second-order valence-corrected chi connectivity index (χ2v) is 8.30. The molecule has 0 bridgehead atoms. The number of aromatic nitrogens is 1. The first-order valence-corrected chi connectivity index (χ1v) is 10.3. The highest BCUT2D eigenvalue weighted by Gasteiger charge is 2.28. The Morgan fingerprint density at radius 2 is 1.85 bits per heavy atom. The molecule has 1 fully saturated rings. The van der Waals surface area contributed by atoms with Gasteiger partial charge in [0.25, 0.3) is 0 Å². The molecule has 0 radical (unpaired) electrons. The zero-order valence-corrected chi connectivity index (χ0v) is 16.0. The van der Waals surface area contributed by atoms with Gasteiger partial charge in [-0.25, -0.2) is 18.1 Å². The fourth-order valence-corrected chi connectivity index (χ4v) is 4.61. The Bertz CT molecular complexity index is 835. The highest BCUT2D eigenvalue weighted by Crippen LogP contribution is 2.27. The van der Waals surface area contributed by atoms with Crippen molar-refractivity contribution in [1.29, 1.82) is 0 Å². The summed E-state index contributed by atoms with van der Waals surface area (Å²) in [4.78, 5) is 4.29. The Hall–Kier alpha value is -1.83. The molecule has 6 nitrogen and oxygen atoms in total. The number of nitrogens with zero attached hydrogens (tertiary/aromatic N) is 1. The van der Waals surface area contributed by atoms with Crippen molar-refractivity contribution in [3.8, 4) is 11.6 Å². The van der Waals surface area contributed by atoms with Gasteiger partial charge in [0.2, 0.25) is 15.9 Å². The van der Waals surface area contributed by atoms with E-state index in [4.69, 9.17) is 21.1 Å². The van der Waals surface area contributed by atoms with Crippen LogP contribution in [0.4, 0.5) is 0 Å². The Labute approximate surface area is 158 Å². The van der Waals surface area contributed by atoms with Crippen LogP contribution in [0.15, 0.2) is 47.5 Å². The van der Waals surface area contributed by atoms with Gasteiger partial charge >= 0.3 is 0 Å². The molecule has 1 aliphatic carbocycles. The average molecular weight is 397 g/mol. The molecule has 0 aliphatic heterocycles. The molecule has 8 heteroatoms. The normalized spacial score (nSPS) is 20.5. The van der Waals surface area contributed by atoms with Gasteiger partial charge in [-0.15, -0.1) is 0 Å². The van der Waals surface area contributed by atoms with E-state index in [2.05, 4.69) is 9.71 Å². The molecule has 1 saturated carbocycles. The highest BCUT2D eigenvalue weighted by atomic mass is 35.5. The number of hydrogen-bond acceptors (Lipinski definition) is 5. The van der Waals surface area contributed by atoms with Gasteiger partial charge < -0.3 is 9.47 Å². The third-order valence-electron chi connectivity index (χ3n) is 4.34. The molecule has 26 heavy (non-hydrogen) atoms. The lowest BCUT2D eigenvalue weighted by Crippen LogP contribution is -2.39. The monoisotopic (exact) mass is 396 g/mol. The minimum absolute atomic E-state index is 0.0238. The molecule has 0 saturated heterocycles. The number of pyridine rings is 1. The summed E-state index contributed by atoms with van der Waals surface area (Å²) in [6, 6.07) is 9.95. The zero-order valence-electron chi connectivity index (χ0n) is 14.4. The molecule has 1 aromatic carbocycles. The molecule has 1 heterocycles.